The Hall–Kier alpha value is -3.00. The monoisotopic (exact) mass is 372 g/mol. The molecule has 2 aromatic heterocycles. The van der Waals surface area contributed by atoms with Gasteiger partial charge >= 0.3 is 0 Å². The number of carbonyl (C=O) groups is 2. The molecule has 0 aliphatic heterocycles. The molecule has 0 fully saturated rings. The van der Waals surface area contributed by atoms with Gasteiger partial charge in [0.25, 0.3) is 17.6 Å². The molecule has 0 aliphatic rings. The van der Waals surface area contributed by atoms with E-state index in [4.69, 9.17) is 11.6 Å². The van der Waals surface area contributed by atoms with E-state index in [1.54, 1.807) is 13.0 Å². The van der Waals surface area contributed by atoms with Crippen molar-refractivity contribution in [1.82, 2.24) is 24.9 Å². The lowest BCUT2D eigenvalue weighted by atomic mass is 10.1. The number of aryl methyl sites for hydroxylation is 3. The summed E-state index contributed by atoms with van der Waals surface area (Å²) in [6.45, 7) is 5.44. The van der Waals surface area contributed by atoms with E-state index in [9.17, 15) is 9.59 Å². The summed E-state index contributed by atoms with van der Waals surface area (Å²) in [5.74, 6) is -0.597. The Morgan fingerprint density at radius 1 is 1.08 bits per heavy atom. The first-order valence-electron chi connectivity index (χ1n) is 7.84. The molecule has 0 saturated carbocycles. The largest absolute Gasteiger partial charge is 0.355 e. The zero-order chi connectivity index (χ0) is 19.0. The van der Waals surface area contributed by atoms with Crippen LogP contribution in [0.1, 0.15) is 37.9 Å². The Morgan fingerprint density at radius 2 is 1.81 bits per heavy atom. The lowest BCUT2D eigenvalue weighted by molar-refractivity contribution is 0.0964. The molecule has 0 spiro atoms. The number of hydrogen-bond donors (Lipinski definition) is 2. The lowest BCUT2D eigenvalue weighted by Gasteiger charge is -2.13. The summed E-state index contributed by atoms with van der Waals surface area (Å²) >= 11 is 6.03. The normalized spacial score (nSPS) is 10.8. The van der Waals surface area contributed by atoms with Crippen LogP contribution in [-0.2, 0) is 0 Å². The van der Waals surface area contributed by atoms with Crippen LogP contribution < -0.4 is 10.6 Å². The number of benzene rings is 1. The molecule has 134 valence electrons. The van der Waals surface area contributed by atoms with E-state index in [-0.39, 0.29) is 17.3 Å². The molecule has 2 N–H and O–H groups in total. The number of nitrogens with zero attached hydrogens (tertiary/aromatic N) is 4. The van der Waals surface area contributed by atoms with Crippen LogP contribution >= 0.6 is 11.6 Å². The number of anilines is 1. The van der Waals surface area contributed by atoms with Crippen molar-refractivity contribution in [1.29, 1.82) is 0 Å². The fourth-order valence-electron chi connectivity index (χ4n) is 2.65. The van der Waals surface area contributed by atoms with Crippen molar-refractivity contribution in [3.8, 4) is 0 Å². The maximum absolute atomic E-state index is 12.6. The van der Waals surface area contributed by atoms with Crippen molar-refractivity contribution in [3.63, 3.8) is 0 Å². The predicted molar refractivity (Wildman–Crippen MR) is 97.8 cm³/mol. The van der Waals surface area contributed by atoms with Gasteiger partial charge in [-0.25, -0.2) is 9.50 Å². The molecule has 3 aromatic rings. The molecule has 3 rings (SSSR count). The van der Waals surface area contributed by atoms with Crippen molar-refractivity contribution in [2.75, 3.05) is 12.4 Å². The molecular formula is C17H17ClN6O2. The number of halogens is 1. The Balaban J connectivity index is 2.01. The highest BCUT2D eigenvalue weighted by molar-refractivity contribution is 6.31. The Bertz CT molecular complexity index is 1040. The third kappa shape index (κ3) is 3.23. The molecule has 2 heterocycles. The fourth-order valence-corrected chi connectivity index (χ4v) is 2.93. The highest BCUT2D eigenvalue weighted by atomic mass is 35.5. The zero-order valence-electron chi connectivity index (χ0n) is 14.7. The second-order valence-corrected chi connectivity index (χ2v) is 6.30. The number of nitrogens with one attached hydrogen (secondary N) is 2. The van der Waals surface area contributed by atoms with Crippen LogP contribution in [-0.4, -0.2) is 38.4 Å². The number of carbonyl (C=O) groups excluding carboxylic acids is 2. The van der Waals surface area contributed by atoms with Crippen molar-refractivity contribution >= 4 is 34.9 Å². The first-order valence-corrected chi connectivity index (χ1v) is 8.22. The van der Waals surface area contributed by atoms with E-state index in [2.05, 4.69) is 25.7 Å². The highest BCUT2D eigenvalue weighted by Crippen LogP contribution is 2.26. The van der Waals surface area contributed by atoms with E-state index in [1.165, 1.54) is 17.6 Å². The molecule has 0 unspecified atom stereocenters. The van der Waals surface area contributed by atoms with E-state index < -0.39 is 5.91 Å². The van der Waals surface area contributed by atoms with Crippen molar-refractivity contribution in [2.45, 2.75) is 20.8 Å². The topological polar surface area (TPSA) is 101 Å². The smallest absolute Gasteiger partial charge is 0.295 e. The van der Waals surface area contributed by atoms with Gasteiger partial charge in [-0.15, -0.1) is 5.10 Å². The van der Waals surface area contributed by atoms with Crippen LogP contribution in [0.5, 0.6) is 0 Å². The average molecular weight is 373 g/mol. The van der Waals surface area contributed by atoms with E-state index in [1.807, 2.05) is 19.9 Å². The maximum atomic E-state index is 12.6. The average Bonchev–Trinajstić information content (AvgIpc) is 3.00. The predicted octanol–water partition coefficient (Wildman–Crippen LogP) is 2.31. The number of fused-ring (bicyclic) bond motifs is 1. The fraction of sp³-hybridized carbons (Fsp3) is 0.235. The molecule has 1 aromatic carbocycles. The molecule has 26 heavy (non-hydrogen) atoms. The van der Waals surface area contributed by atoms with Crippen molar-refractivity contribution in [2.24, 2.45) is 0 Å². The number of amides is 2. The summed E-state index contributed by atoms with van der Waals surface area (Å²) in [6.07, 6.45) is 0. The summed E-state index contributed by atoms with van der Waals surface area (Å²) in [5.41, 5.74) is 2.87. The molecule has 0 saturated heterocycles. The highest BCUT2D eigenvalue weighted by Gasteiger charge is 2.20. The molecule has 9 heteroatoms. The Labute approximate surface area is 154 Å². The van der Waals surface area contributed by atoms with Gasteiger partial charge in [-0.05, 0) is 44.5 Å². The zero-order valence-corrected chi connectivity index (χ0v) is 15.5. The van der Waals surface area contributed by atoms with Crippen LogP contribution in [0.15, 0.2) is 18.2 Å². The molecule has 8 nitrogen and oxygen atoms in total. The lowest BCUT2D eigenvalue weighted by Crippen LogP contribution is -2.22. The quantitative estimate of drug-likeness (QED) is 0.734. The number of aromatic nitrogens is 4. The van der Waals surface area contributed by atoms with Crippen LogP contribution in [0.25, 0.3) is 5.78 Å². The van der Waals surface area contributed by atoms with Gasteiger partial charge in [-0.3, -0.25) is 9.59 Å². The molecule has 0 radical (unpaired) electrons. The number of hydrogen-bond acceptors (Lipinski definition) is 5. The van der Waals surface area contributed by atoms with E-state index in [0.29, 0.717) is 22.1 Å². The summed E-state index contributed by atoms with van der Waals surface area (Å²) in [4.78, 5) is 33.2. The minimum atomic E-state index is -0.539. The molecule has 0 bridgehead atoms. The summed E-state index contributed by atoms with van der Waals surface area (Å²) in [5, 5.41) is 9.84. The van der Waals surface area contributed by atoms with Gasteiger partial charge in [-0.2, -0.15) is 4.98 Å². The van der Waals surface area contributed by atoms with Crippen molar-refractivity contribution < 1.29 is 9.59 Å². The number of rotatable bonds is 3. The van der Waals surface area contributed by atoms with Gasteiger partial charge in [0.15, 0.2) is 0 Å². The van der Waals surface area contributed by atoms with Gasteiger partial charge in [-0.1, -0.05) is 11.6 Å². The van der Waals surface area contributed by atoms with Gasteiger partial charge in [0, 0.05) is 23.5 Å². The maximum Gasteiger partial charge on any atom is 0.295 e. The second kappa shape index (κ2) is 6.72. The van der Waals surface area contributed by atoms with E-state index >= 15 is 0 Å². The van der Waals surface area contributed by atoms with Crippen LogP contribution in [0.2, 0.25) is 5.02 Å². The first kappa shape index (κ1) is 17.8. The molecule has 0 atom stereocenters. The van der Waals surface area contributed by atoms with Gasteiger partial charge in [0.2, 0.25) is 5.82 Å². The molecule has 2 amide bonds. The van der Waals surface area contributed by atoms with Gasteiger partial charge < -0.3 is 10.6 Å². The van der Waals surface area contributed by atoms with Gasteiger partial charge in [0.1, 0.15) is 0 Å². The SMILES string of the molecule is CNC(=O)c1cc(Cl)cc(C)c1NC(=O)c1nc2nc(C)cc(C)n2n1. The van der Waals surface area contributed by atoms with Crippen LogP contribution in [0.4, 0.5) is 5.69 Å². The van der Waals surface area contributed by atoms with Crippen LogP contribution in [0.3, 0.4) is 0 Å². The van der Waals surface area contributed by atoms with E-state index in [0.717, 1.165) is 11.4 Å². The third-order valence-corrected chi connectivity index (χ3v) is 4.05. The summed E-state index contributed by atoms with van der Waals surface area (Å²) < 4.78 is 1.50. The van der Waals surface area contributed by atoms with Crippen LogP contribution in [0, 0.1) is 20.8 Å². The Morgan fingerprint density at radius 3 is 2.50 bits per heavy atom. The minimum Gasteiger partial charge on any atom is -0.355 e. The summed E-state index contributed by atoms with van der Waals surface area (Å²) in [6, 6.07) is 5.00. The minimum absolute atomic E-state index is 0.0385. The molecule has 0 aliphatic carbocycles. The first-order chi connectivity index (χ1) is 12.3. The summed E-state index contributed by atoms with van der Waals surface area (Å²) in [7, 11) is 1.50. The molecular weight excluding hydrogens is 356 g/mol. The standard InChI is InChI=1S/C17H17ClN6O2/c1-8-5-11(18)7-12(15(25)19-4)13(8)21-16(26)14-22-17-20-9(2)6-10(3)24(17)23-14/h5-7H,1-4H3,(H,19,25)(H,21,26). The van der Waals surface area contributed by atoms with Crippen molar-refractivity contribution in [3.05, 3.63) is 51.6 Å². The van der Waals surface area contributed by atoms with Gasteiger partial charge in [0.05, 0.1) is 11.3 Å². The second-order valence-electron chi connectivity index (χ2n) is 5.86. The third-order valence-electron chi connectivity index (χ3n) is 3.83. The Kier molecular flexibility index (Phi) is 4.60.